The second kappa shape index (κ2) is 7.77. The largest absolute Gasteiger partial charge is 0.443 e. The summed E-state index contributed by atoms with van der Waals surface area (Å²) in [5.74, 6) is 0.0183. The minimum Gasteiger partial charge on any atom is -0.443 e. The van der Waals surface area contributed by atoms with E-state index in [0.29, 0.717) is 22.6 Å². The van der Waals surface area contributed by atoms with Crippen molar-refractivity contribution in [3.63, 3.8) is 0 Å². The van der Waals surface area contributed by atoms with E-state index in [9.17, 15) is 9.18 Å². The summed E-state index contributed by atoms with van der Waals surface area (Å²) in [5, 5.41) is 3.11. The third kappa shape index (κ3) is 3.43. The van der Waals surface area contributed by atoms with Crippen molar-refractivity contribution in [2.75, 3.05) is 18.6 Å². The Hall–Kier alpha value is -4.27. The molecule has 0 aliphatic carbocycles. The predicted octanol–water partition coefficient (Wildman–Crippen LogP) is 3.77. The molecule has 0 saturated heterocycles. The van der Waals surface area contributed by atoms with E-state index in [1.807, 2.05) is 35.9 Å². The van der Waals surface area contributed by atoms with Crippen molar-refractivity contribution in [2.24, 2.45) is 4.99 Å². The topological polar surface area (TPSA) is 79.8 Å². The van der Waals surface area contributed by atoms with Gasteiger partial charge in [0.1, 0.15) is 23.7 Å². The fraction of sp³-hybridized carbons (Fsp3) is 0.130. The van der Waals surface area contributed by atoms with E-state index in [1.165, 1.54) is 23.5 Å². The smallest absolute Gasteiger partial charge is 0.267 e. The summed E-state index contributed by atoms with van der Waals surface area (Å²) in [6, 6.07) is 9.65. The lowest BCUT2D eigenvalue weighted by Gasteiger charge is -2.35. The first-order chi connectivity index (χ1) is 15.5. The SMILES string of the molecule is Cc1cn(-c2ccc(C=CC3=NCC(=O)N(c4ccc(F)cc4)N3C)c3ocnc23)cn1. The molecule has 32 heavy (non-hydrogen) atoms. The van der Waals surface area contributed by atoms with E-state index in [4.69, 9.17) is 4.42 Å². The number of aryl methyl sites for hydroxylation is 1. The third-order valence-electron chi connectivity index (χ3n) is 5.21. The number of hydrogen-bond acceptors (Lipinski definition) is 6. The third-order valence-corrected chi connectivity index (χ3v) is 5.21. The molecule has 160 valence electrons. The number of imidazole rings is 1. The summed E-state index contributed by atoms with van der Waals surface area (Å²) >= 11 is 0. The Morgan fingerprint density at radius 2 is 1.91 bits per heavy atom. The summed E-state index contributed by atoms with van der Waals surface area (Å²) in [4.78, 5) is 25.5. The Morgan fingerprint density at radius 1 is 1.09 bits per heavy atom. The fourth-order valence-corrected chi connectivity index (χ4v) is 3.66. The zero-order valence-corrected chi connectivity index (χ0v) is 17.4. The Balaban J connectivity index is 1.46. The van der Waals surface area contributed by atoms with E-state index in [1.54, 1.807) is 36.6 Å². The maximum atomic E-state index is 13.3. The lowest BCUT2D eigenvalue weighted by Crippen LogP contribution is -2.51. The molecular formula is C23H19FN6O2. The number of likely N-dealkylation sites (N-methyl/N-ethyl adjacent to an activating group) is 1. The number of benzene rings is 2. The summed E-state index contributed by atoms with van der Waals surface area (Å²) in [5.41, 5.74) is 4.51. The maximum Gasteiger partial charge on any atom is 0.267 e. The molecule has 2 aromatic carbocycles. The highest BCUT2D eigenvalue weighted by Gasteiger charge is 2.26. The molecular weight excluding hydrogens is 411 g/mol. The van der Waals surface area contributed by atoms with Crippen molar-refractivity contribution in [2.45, 2.75) is 6.92 Å². The molecule has 1 aliphatic rings. The first kappa shape index (κ1) is 19.7. The van der Waals surface area contributed by atoms with E-state index in [0.717, 1.165) is 16.9 Å². The number of rotatable bonds is 4. The van der Waals surface area contributed by atoms with Crippen molar-refractivity contribution in [1.29, 1.82) is 0 Å². The highest BCUT2D eigenvalue weighted by molar-refractivity contribution is 6.07. The summed E-state index contributed by atoms with van der Waals surface area (Å²) in [6.45, 7) is 1.92. The quantitative estimate of drug-likeness (QED) is 0.493. The summed E-state index contributed by atoms with van der Waals surface area (Å²) in [7, 11) is 1.73. The number of amidine groups is 1. The van der Waals surface area contributed by atoms with Gasteiger partial charge in [0.2, 0.25) is 0 Å². The Labute approximate surface area is 182 Å². The number of carbonyl (C=O) groups is 1. The standard InChI is InChI=1S/C23H19FN6O2/c1-15-12-29(13-26-15)19-9-3-16(23-22(19)27-14-32-23)4-10-20-25-11-21(31)30(28(20)2)18-7-5-17(24)6-8-18/h3-10,12-14H,11H2,1-2H3. The molecule has 9 heteroatoms. The van der Waals surface area contributed by atoms with E-state index >= 15 is 0 Å². The monoisotopic (exact) mass is 430 g/mol. The molecule has 0 fully saturated rings. The van der Waals surface area contributed by atoms with Crippen LogP contribution >= 0.6 is 0 Å². The second-order valence-corrected chi connectivity index (χ2v) is 7.34. The fourth-order valence-electron chi connectivity index (χ4n) is 3.66. The van der Waals surface area contributed by atoms with Crippen LogP contribution in [0.5, 0.6) is 0 Å². The van der Waals surface area contributed by atoms with Gasteiger partial charge in [0, 0.05) is 18.8 Å². The van der Waals surface area contributed by atoms with Crippen molar-refractivity contribution in [3.05, 3.63) is 78.5 Å². The number of hydrogen-bond donors (Lipinski definition) is 0. The van der Waals surface area contributed by atoms with E-state index < -0.39 is 0 Å². The minimum atomic E-state index is -0.361. The lowest BCUT2D eigenvalue weighted by atomic mass is 10.1. The molecule has 1 amide bonds. The number of aliphatic imine (C=N–C) groups is 1. The second-order valence-electron chi connectivity index (χ2n) is 7.34. The van der Waals surface area contributed by atoms with E-state index in [2.05, 4.69) is 15.0 Å². The molecule has 2 aromatic heterocycles. The van der Waals surface area contributed by atoms with E-state index in [-0.39, 0.29) is 18.3 Å². The molecule has 0 radical (unpaired) electrons. The number of oxazole rings is 1. The van der Waals surface area contributed by atoms with Crippen LogP contribution in [0, 0.1) is 12.7 Å². The molecule has 0 bridgehead atoms. The van der Waals surface area contributed by atoms with Crippen molar-refractivity contribution < 1.29 is 13.6 Å². The van der Waals surface area contributed by atoms with Crippen LogP contribution < -0.4 is 5.01 Å². The molecule has 0 atom stereocenters. The predicted molar refractivity (Wildman–Crippen MR) is 119 cm³/mol. The van der Waals surface area contributed by atoms with Gasteiger partial charge in [-0.3, -0.25) is 14.8 Å². The Kier molecular flexibility index (Phi) is 4.78. The van der Waals surface area contributed by atoms with Gasteiger partial charge < -0.3 is 8.98 Å². The van der Waals surface area contributed by atoms with Crippen molar-refractivity contribution >= 4 is 34.6 Å². The first-order valence-electron chi connectivity index (χ1n) is 9.93. The van der Waals surface area contributed by atoms with Crippen LogP contribution in [0.15, 0.2) is 70.8 Å². The van der Waals surface area contributed by atoms with Gasteiger partial charge in [-0.05, 0) is 55.5 Å². The molecule has 3 heterocycles. The lowest BCUT2D eigenvalue weighted by molar-refractivity contribution is -0.119. The zero-order valence-electron chi connectivity index (χ0n) is 17.4. The van der Waals surface area contributed by atoms with Crippen molar-refractivity contribution in [3.8, 4) is 5.69 Å². The van der Waals surface area contributed by atoms with Crippen LogP contribution in [-0.2, 0) is 4.79 Å². The van der Waals surface area contributed by atoms with Gasteiger partial charge in [-0.25, -0.2) is 19.4 Å². The van der Waals surface area contributed by atoms with Gasteiger partial charge in [-0.1, -0.05) is 0 Å². The molecule has 0 unspecified atom stereocenters. The highest BCUT2D eigenvalue weighted by atomic mass is 19.1. The van der Waals surface area contributed by atoms with Gasteiger partial charge in [0.25, 0.3) is 5.91 Å². The van der Waals surface area contributed by atoms with Gasteiger partial charge in [0.15, 0.2) is 12.0 Å². The number of amides is 1. The number of carbonyl (C=O) groups excluding carboxylic acids is 1. The molecule has 1 aliphatic heterocycles. The van der Waals surface area contributed by atoms with Gasteiger partial charge in [0.05, 0.1) is 23.4 Å². The number of hydrazine groups is 1. The number of nitrogens with zero attached hydrogens (tertiary/aromatic N) is 6. The molecule has 5 rings (SSSR count). The molecule has 4 aromatic rings. The first-order valence-corrected chi connectivity index (χ1v) is 9.93. The van der Waals surface area contributed by atoms with Gasteiger partial charge in [-0.2, -0.15) is 0 Å². The van der Waals surface area contributed by atoms with Crippen LogP contribution in [0.1, 0.15) is 11.3 Å². The van der Waals surface area contributed by atoms with Crippen LogP contribution in [0.3, 0.4) is 0 Å². The average Bonchev–Trinajstić information content (AvgIpc) is 3.44. The maximum absolute atomic E-state index is 13.3. The summed E-state index contributed by atoms with van der Waals surface area (Å²) in [6.07, 6.45) is 8.74. The zero-order chi connectivity index (χ0) is 22.2. The average molecular weight is 430 g/mol. The van der Waals surface area contributed by atoms with Crippen LogP contribution in [0.4, 0.5) is 10.1 Å². The molecule has 0 N–H and O–H groups in total. The number of anilines is 1. The normalized spacial score (nSPS) is 14.6. The number of halogens is 1. The van der Waals surface area contributed by atoms with Crippen LogP contribution in [-0.4, -0.2) is 44.9 Å². The Morgan fingerprint density at radius 3 is 2.66 bits per heavy atom. The molecule has 8 nitrogen and oxygen atoms in total. The van der Waals surface area contributed by atoms with Gasteiger partial charge >= 0.3 is 0 Å². The number of aromatic nitrogens is 3. The minimum absolute atomic E-state index is 0.00196. The van der Waals surface area contributed by atoms with Crippen LogP contribution in [0.2, 0.25) is 0 Å². The molecule has 0 saturated carbocycles. The Bertz CT molecular complexity index is 1370. The number of fused-ring (bicyclic) bond motifs is 1. The van der Waals surface area contributed by atoms with Crippen LogP contribution in [0.25, 0.3) is 22.9 Å². The van der Waals surface area contributed by atoms with Gasteiger partial charge in [-0.15, -0.1) is 0 Å². The molecule has 0 spiro atoms. The van der Waals surface area contributed by atoms with Crippen molar-refractivity contribution in [1.82, 2.24) is 19.5 Å². The summed E-state index contributed by atoms with van der Waals surface area (Å²) < 4.78 is 20.9. The highest BCUT2D eigenvalue weighted by Crippen LogP contribution is 2.26.